The van der Waals surface area contributed by atoms with Gasteiger partial charge in [0.05, 0.1) is 0 Å². The van der Waals surface area contributed by atoms with E-state index in [1.54, 1.807) is 0 Å². The number of fused-ring (bicyclic) bond motifs is 6. The third kappa shape index (κ3) is 4.27. The van der Waals surface area contributed by atoms with Gasteiger partial charge in [-0.1, -0.05) is 97.1 Å². The van der Waals surface area contributed by atoms with E-state index in [-0.39, 0.29) is 0 Å². The Balaban J connectivity index is 1.23. The molecule has 9 rings (SSSR count). The molecule has 2 aromatic heterocycles. The second-order valence-corrected chi connectivity index (χ2v) is 11.2. The van der Waals surface area contributed by atoms with Crippen molar-refractivity contribution in [2.24, 2.45) is 0 Å². The number of benzene rings is 7. The molecule has 2 heterocycles. The highest BCUT2D eigenvalue weighted by Crippen LogP contribution is 2.43. The molecule has 0 radical (unpaired) electrons. The summed E-state index contributed by atoms with van der Waals surface area (Å²) in [6.07, 6.45) is 0. The first-order valence-corrected chi connectivity index (χ1v) is 15.0. The first-order chi connectivity index (χ1) is 22.3. The first kappa shape index (κ1) is 25.4. The van der Waals surface area contributed by atoms with Crippen molar-refractivity contribution in [2.45, 2.75) is 0 Å². The number of oxazole rings is 1. The van der Waals surface area contributed by atoms with Crippen molar-refractivity contribution in [3.63, 3.8) is 0 Å². The van der Waals surface area contributed by atoms with Gasteiger partial charge in [0.1, 0.15) is 16.7 Å². The molecule has 4 nitrogen and oxygen atoms in total. The minimum absolute atomic E-state index is 0.588. The predicted molar refractivity (Wildman–Crippen MR) is 184 cm³/mol. The minimum Gasteiger partial charge on any atom is -0.456 e. The highest BCUT2D eigenvalue weighted by molar-refractivity contribution is 6.22. The molecule has 0 amide bonds. The summed E-state index contributed by atoms with van der Waals surface area (Å²) in [4.78, 5) is 7.10. The smallest absolute Gasteiger partial charge is 0.228 e. The van der Waals surface area contributed by atoms with Crippen LogP contribution >= 0.6 is 0 Å². The van der Waals surface area contributed by atoms with E-state index in [9.17, 15) is 0 Å². The first-order valence-electron chi connectivity index (χ1n) is 15.0. The van der Waals surface area contributed by atoms with Crippen molar-refractivity contribution in [2.75, 3.05) is 4.90 Å². The lowest BCUT2D eigenvalue weighted by atomic mass is 9.98. The van der Waals surface area contributed by atoms with Crippen molar-refractivity contribution in [1.29, 1.82) is 0 Å². The van der Waals surface area contributed by atoms with Crippen LogP contribution in [-0.2, 0) is 0 Å². The van der Waals surface area contributed by atoms with Crippen LogP contribution in [0.1, 0.15) is 0 Å². The van der Waals surface area contributed by atoms with Crippen LogP contribution in [0, 0.1) is 0 Å². The van der Waals surface area contributed by atoms with E-state index in [1.807, 2.05) is 36.4 Å². The Morgan fingerprint density at radius 3 is 1.87 bits per heavy atom. The van der Waals surface area contributed by atoms with Crippen molar-refractivity contribution >= 4 is 60.9 Å². The van der Waals surface area contributed by atoms with Gasteiger partial charge >= 0.3 is 0 Å². The zero-order valence-corrected chi connectivity index (χ0v) is 24.2. The molecule has 0 atom stereocenters. The van der Waals surface area contributed by atoms with E-state index in [4.69, 9.17) is 13.8 Å². The maximum absolute atomic E-state index is 6.52. The zero-order valence-electron chi connectivity index (χ0n) is 24.2. The number of rotatable bonds is 5. The van der Waals surface area contributed by atoms with Gasteiger partial charge in [0.2, 0.25) is 5.89 Å². The van der Waals surface area contributed by atoms with Gasteiger partial charge in [-0.05, 0) is 82.6 Å². The van der Waals surface area contributed by atoms with Gasteiger partial charge < -0.3 is 13.7 Å². The highest BCUT2D eigenvalue weighted by atomic mass is 16.3. The topological polar surface area (TPSA) is 42.4 Å². The largest absolute Gasteiger partial charge is 0.456 e. The average molecular weight is 579 g/mol. The number of anilines is 3. The lowest BCUT2D eigenvalue weighted by molar-refractivity contribution is 0.620. The number of furan rings is 1. The van der Waals surface area contributed by atoms with Crippen LogP contribution in [0.25, 0.3) is 66.4 Å². The standard InChI is InChI=1S/C41H26N2O2/c1-3-11-27(12-4-1)28-19-21-30(22-20-28)43(29-13-5-2-6-14-29)31-23-24-37-35(25-31)40-33-16-8-7-15-32(33)34(26-39(40)44-37)41-42-36-17-9-10-18-38(36)45-41/h1-26H. The van der Waals surface area contributed by atoms with Crippen LogP contribution in [0.5, 0.6) is 0 Å². The third-order valence-electron chi connectivity index (χ3n) is 8.49. The molecule has 45 heavy (non-hydrogen) atoms. The van der Waals surface area contributed by atoms with Gasteiger partial charge in [-0.25, -0.2) is 4.98 Å². The van der Waals surface area contributed by atoms with Crippen molar-refractivity contribution in [3.05, 3.63) is 158 Å². The lowest BCUT2D eigenvalue weighted by Gasteiger charge is -2.25. The van der Waals surface area contributed by atoms with E-state index in [0.717, 1.165) is 66.4 Å². The summed E-state index contributed by atoms with van der Waals surface area (Å²) in [5.41, 5.74) is 9.76. The molecular weight excluding hydrogens is 552 g/mol. The Bertz CT molecular complexity index is 2440. The van der Waals surface area contributed by atoms with Crippen molar-refractivity contribution < 1.29 is 8.83 Å². The zero-order chi connectivity index (χ0) is 29.7. The number of aromatic nitrogens is 1. The van der Waals surface area contributed by atoms with E-state index in [0.29, 0.717) is 5.89 Å². The fourth-order valence-corrected chi connectivity index (χ4v) is 6.39. The summed E-state index contributed by atoms with van der Waals surface area (Å²) in [5.74, 6) is 0.588. The Labute approximate surface area is 259 Å². The van der Waals surface area contributed by atoms with Gasteiger partial charge in [0.25, 0.3) is 0 Å². The van der Waals surface area contributed by atoms with E-state index >= 15 is 0 Å². The van der Waals surface area contributed by atoms with Crippen LogP contribution in [-0.4, -0.2) is 4.98 Å². The summed E-state index contributed by atoms with van der Waals surface area (Å²) in [5, 5.41) is 4.31. The molecule has 0 N–H and O–H groups in total. The maximum atomic E-state index is 6.52. The molecule has 0 spiro atoms. The second kappa shape index (κ2) is 10.2. The molecule has 0 aliphatic rings. The van der Waals surface area contributed by atoms with E-state index in [2.05, 4.69) is 126 Å². The molecule has 0 bridgehead atoms. The summed E-state index contributed by atoms with van der Waals surface area (Å²) in [6.45, 7) is 0. The molecule has 212 valence electrons. The van der Waals surface area contributed by atoms with Crippen LogP contribution in [0.3, 0.4) is 0 Å². The summed E-state index contributed by atoms with van der Waals surface area (Å²) in [6, 6.07) is 54.5. The lowest BCUT2D eigenvalue weighted by Crippen LogP contribution is -2.09. The van der Waals surface area contributed by atoms with Crippen LogP contribution in [0.15, 0.2) is 167 Å². The Morgan fingerprint density at radius 1 is 0.422 bits per heavy atom. The van der Waals surface area contributed by atoms with E-state index < -0.39 is 0 Å². The van der Waals surface area contributed by atoms with Crippen LogP contribution in [0.4, 0.5) is 17.1 Å². The summed E-state index contributed by atoms with van der Waals surface area (Å²) >= 11 is 0. The SMILES string of the molecule is c1ccc(-c2ccc(N(c3ccccc3)c3ccc4oc5cc(-c6nc7ccccc7o6)c6ccccc6c5c4c3)cc2)cc1. The van der Waals surface area contributed by atoms with Crippen LogP contribution in [0.2, 0.25) is 0 Å². The van der Waals surface area contributed by atoms with Gasteiger partial charge in [-0.3, -0.25) is 0 Å². The molecule has 9 aromatic rings. The summed E-state index contributed by atoms with van der Waals surface area (Å²) in [7, 11) is 0. The molecule has 0 aliphatic heterocycles. The molecule has 0 aliphatic carbocycles. The van der Waals surface area contributed by atoms with Gasteiger partial charge in [0.15, 0.2) is 5.58 Å². The third-order valence-corrected chi connectivity index (χ3v) is 8.49. The Hall–Kier alpha value is -6.13. The quantitative estimate of drug-likeness (QED) is 0.204. The minimum atomic E-state index is 0.588. The normalized spacial score (nSPS) is 11.6. The fraction of sp³-hybridized carbons (Fsp3) is 0. The van der Waals surface area contributed by atoms with Crippen molar-refractivity contribution in [1.82, 2.24) is 4.98 Å². The number of hydrogen-bond acceptors (Lipinski definition) is 4. The summed E-state index contributed by atoms with van der Waals surface area (Å²) < 4.78 is 12.7. The van der Waals surface area contributed by atoms with Gasteiger partial charge in [-0.15, -0.1) is 0 Å². The molecule has 0 saturated carbocycles. The Kier molecular flexibility index (Phi) is 5.78. The monoisotopic (exact) mass is 578 g/mol. The van der Waals surface area contributed by atoms with Gasteiger partial charge in [-0.2, -0.15) is 0 Å². The van der Waals surface area contributed by atoms with Crippen molar-refractivity contribution in [3.8, 4) is 22.6 Å². The molecule has 0 fully saturated rings. The fourth-order valence-electron chi connectivity index (χ4n) is 6.39. The molecule has 7 aromatic carbocycles. The molecule has 0 saturated heterocycles. The number of nitrogens with zero attached hydrogens (tertiary/aromatic N) is 2. The predicted octanol–water partition coefficient (Wildman–Crippen LogP) is 11.7. The molecule has 0 unspecified atom stereocenters. The molecule has 4 heteroatoms. The van der Waals surface area contributed by atoms with E-state index in [1.165, 1.54) is 11.1 Å². The van der Waals surface area contributed by atoms with Crippen LogP contribution < -0.4 is 4.90 Å². The highest BCUT2D eigenvalue weighted by Gasteiger charge is 2.20. The average Bonchev–Trinajstić information content (AvgIpc) is 3.71. The number of para-hydroxylation sites is 3. The number of hydrogen-bond donors (Lipinski definition) is 0. The Morgan fingerprint density at radius 2 is 1.07 bits per heavy atom. The van der Waals surface area contributed by atoms with Gasteiger partial charge in [0, 0.05) is 33.4 Å². The molecular formula is C41H26N2O2. The maximum Gasteiger partial charge on any atom is 0.228 e. The second-order valence-electron chi connectivity index (χ2n) is 11.2.